The Morgan fingerprint density at radius 3 is 2.75 bits per heavy atom. The smallest absolute Gasteiger partial charge is 0.235 e. The summed E-state index contributed by atoms with van der Waals surface area (Å²) in [5, 5.41) is -0.00250. The van der Waals surface area contributed by atoms with Crippen molar-refractivity contribution in [2.75, 3.05) is 7.11 Å². The molecule has 1 aliphatic rings. The molecule has 0 bridgehead atoms. The molecule has 5 heteroatoms. The molecule has 1 aromatic carbocycles. The number of nitrogens with zero attached hydrogens (tertiary/aromatic N) is 1. The minimum atomic E-state index is -0.686. The molecule has 16 heavy (non-hydrogen) atoms. The van der Waals surface area contributed by atoms with Crippen LogP contribution >= 0.6 is 11.6 Å². The van der Waals surface area contributed by atoms with E-state index >= 15 is 0 Å². The Bertz CT molecular complexity index is 479. The van der Waals surface area contributed by atoms with Gasteiger partial charge in [0.25, 0.3) is 0 Å². The molecule has 2 rings (SSSR count). The van der Waals surface area contributed by atoms with Gasteiger partial charge in [-0.25, -0.2) is 9.18 Å². The average molecular weight is 242 g/mol. The summed E-state index contributed by atoms with van der Waals surface area (Å²) in [5.74, 6) is -0.201. The van der Waals surface area contributed by atoms with Crippen molar-refractivity contribution in [3.05, 3.63) is 28.5 Å². The molecule has 1 fully saturated rings. The first-order valence-corrected chi connectivity index (χ1v) is 5.13. The second-order valence-corrected chi connectivity index (χ2v) is 4.08. The number of rotatable bonds is 3. The van der Waals surface area contributed by atoms with Crippen LogP contribution in [0.4, 0.5) is 4.39 Å². The Balaban J connectivity index is 2.55. The van der Waals surface area contributed by atoms with E-state index in [1.807, 2.05) is 0 Å². The van der Waals surface area contributed by atoms with Crippen molar-refractivity contribution >= 4 is 17.7 Å². The van der Waals surface area contributed by atoms with Crippen molar-refractivity contribution < 1.29 is 13.9 Å². The number of methoxy groups -OCH3 is 1. The third-order valence-electron chi connectivity index (χ3n) is 2.72. The number of benzene rings is 1. The van der Waals surface area contributed by atoms with E-state index in [0.29, 0.717) is 24.2 Å². The number of hydrogen-bond acceptors (Lipinski definition) is 3. The molecule has 0 spiro atoms. The number of isocyanates is 1. The van der Waals surface area contributed by atoms with Crippen LogP contribution in [0.3, 0.4) is 0 Å². The van der Waals surface area contributed by atoms with Gasteiger partial charge < -0.3 is 4.74 Å². The van der Waals surface area contributed by atoms with Crippen LogP contribution < -0.4 is 4.74 Å². The standard InChI is InChI=1S/C11H9ClFNO2/c1-16-7-4-8(10(12)9(13)5-7)11(2-3-11)14-6-15/h4-5H,2-3H2,1H3. The lowest BCUT2D eigenvalue weighted by Crippen LogP contribution is -2.05. The lowest BCUT2D eigenvalue weighted by Gasteiger charge is -2.12. The Morgan fingerprint density at radius 2 is 2.25 bits per heavy atom. The highest BCUT2D eigenvalue weighted by atomic mass is 35.5. The summed E-state index contributed by atoms with van der Waals surface area (Å²) < 4.78 is 18.4. The summed E-state index contributed by atoms with van der Waals surface area (Å²) in [4.78, 5) is 14.0. The second-order valence-electron chi connectivity index (χ2n) is 3.71. The summed E-state index contributed by atoms with van der Waals surface area (Å²) in [6.07, 6.45) is 2.86. The number of hydrogen-bond donors (Lipinski definition) is 0. The van der Waals surface area contributed by atoms with E-state index in [2.05, 4.69) is 4.99 Å². The predicted molar refractivity (Wildman–Crippen MR) is 57.0 cm³/mol. The van der Waals surface area contributed by atoms with Gasteiger partial charge in [0.1, 0.15) is 17.1 Å². The number of halogens is 2. The fourth-order valence-electron chi connectivity index (χ4n) is 1.67. The van der Waals surface area contributed by atoms with Gasteiger partial charge in [-0.05, 0) is 18.9 Å². The van der Waals surface area contributed by atoms with E-state index in [1.54, 1.807) is 6.07 Å². The maximum atomic E-state index is 13.5. The Labute approximate surface area is 96.9 Å². The highest BCUT2D eigenvalue weighted by Crippen LogP contribution is 2.52. The summed E-state index contributed by atoms with van der Waals surface area (Å²) in [7, 11) is 1.44. The van der Waals surface area contributed by atoms with Crippen LogP contribution in [0.5, 0.6) is 5.75 Å². The molecule has 0 aliphatic heterocycles. The molecule has 84 valence electrons. The Hall–Kier alpha value is -1.38. The fourth-order valence-corrected chi connectivity index (χ4v) is 1.95. The third-order valence-corrected chi connectivity index (χ3v) is 3.11. The van der Waals surface area contributed by atoms with E-state index in [0.717, 1.165) is 0 Å². The summed E-state index contributed by atoms with van der Waals surface area (Å²) in [6.45, 7) is 0. The monoisotopic (exact) mass is 241 g/mol. The quantitative estimate of drug-likeness (QED) is 0.603. The predicted octanol–water partition coefficient (Wildman–Crippen LogP) is 2.81. The highest BCUT2D eigenvalue weighted by Gasteiger charge is 2.47. The SMILES string of the molecule is COc1cc(F)c(Cl)c(C2(N=C=O)CC2)c1. The number of carbonyl (C=O) groups excluding carboxylic acids is 1. The Morgan fingerprint density at radius 1 is 1.56 bits per heavy atom. The lowest BCUT2D eigenvalue weighted by molar-refractivity contribution is 0.410. The zero-order valence-corrected chi connectivity index (χ0v) is 9.34. The first kappa shape index (κ1) is 11.1. The molecular weight excluding hydrogens is 233 g/mol. The van der Waals surface area contributed by atoms with Crippen LogP contribution in [0.15, 0.2) is 17.1 Å². The van der Waals surface area contributed by atoms with Crippen LogP contribution in [0.2, 0.25) is 5.02 Å². The highest BCUT2D eigenvalue weighted by molar-refractivity contribution is 6.31. The maximum absolute atomic E-state index is 13.5. The molecule has 0 saturated heterocycles. The molecule has 0 amide bonds. The average Bonchev–Trinajstić information content (AvgIpc) is 3.03. The molecule has 0 heterocycles. The van der Waals surface area contributed by atoms with Gasteiger partial charge in [-0.15, -0.1) is 0 Å². The molecule has 0 N–H and O–H groups in total. The summed E-state index contributed by atoms with van der Waals surface area (Å²) >= 11 is 5.86. The van der Waals surface area contributed by atoms with Crippen LogP contribution in [0.25, 0.3) is 0 Å². The van der Waals surface area contributed by atoms with E-state index in [1.165, 1.54) is 19.3 Å². The van der Waals surface area contributed by atoms with Crippen LogP contribution in [0, 0.1) is 5.82 Å². The largest absolute Gasteiger partial charge is 0.497 e. The van der Waals surface area contributed by atoms with Gasteiger partial charge in [0.05, 0.1) is 12.1 Å². The topological polar surface area (TPSA) is 38.7 Å². The zero-order chi connectivity index (χ0) is 11.8. The molecule has 0 atom stereocenters. The zero-order valence-electron chi connectivity index (χ0n) is 8.59. The van der Waals surface area contributed by atoms with Crippen molar-refractivity contribution in [2.24, 2.45) is 4.99 Å². The van der Waals surface area contributed by atoms with Gasteiger partial charge in [0.15, 0.2) is 0 Å². The minimum Gasteiger partial charge on any atom is -0.497 e. The molecule has 0 unspecified atom stereocenters. The molecule has 1 saturated carbocycles. The van der Waals surface area contributed by atoms with Gasteiger partial charge in [0.2, 0.25) is 6.08 Å². The minimum absolute atomic E-state index is 0.00250. The van der Waals surface area contributed by atoms with Gasteiger partial charge in [0, 0.05) is 11.6 Å². The van der Waals surface area contributed by atoms with E-state index in [4.69, 9.17) is 16.3 Å². The van der Waals surface area contributed by atoms with Crippen molar-refractivity contribution in [3.8, 4) is 5.75 Å². The van der Waals surface area contributed by atoms with Crippen molar-refractivity contribution in [3.63, 3.8) is 0 Å². The van der Waals surface area contributed by atoms with Gasteiger partial charge in [-0.2, -0.15) is 4.99 Å². The number of aliphatic imine (C=N–C) groups is 1. The van der Waals surface area contributed by atoms with E-state index in [-0.39, 0.29) is 5.02 Å². The molecule has 1 aliphatic carbocycles. The first-order chi connectivity index (χ1) is 7.63. The van der Waals surface area contributed by atoms with Gasteiger partial charge in [-0.3, -0.25) is 0 Å². The summed E-state index contributed by atoms with van der Waals surface area (Å²) in [5.41, 5.74) is -0.192. The lowest BCUT2D eigenvalue weighted by atomic mass is 10.0. The van der Waals surface area contributed by atoms with Gasteiger partial charge >= 0.3 is 0 Å². The Kier molecular flexibility index (Phi) is 2.70. The molecule has 3 nitrogen and oxygen atoms in total. The summed E-state index contributed by atoms with van der Waals surface area (Å²) in [6, 6.07) is 2.81. The fraction of sp³-hybridized carbons (Fsp3) is 0.364. The first-order valence-electron chi connectivity index (χ1n) is 4.75. The van der Waals surface area contributed by atoms with Crippen LogP contribution in [-0.4, -0.2) is 13.2 Å². The van der Waals surface area contributed by atoms with Gasteiger partial charge in [-0.1, -0.05) is 11.6 Å². The van der Waals surface area contributed by atoms with E-state index < -0.39 is 11.4 Å². The second kappa shape index (κ2) is 3.89. The normalized spacial score (nSPS) is 16.4. The van der Waals surface area contributed by atoms with Crippen molar-refractivity contribution in [2.45, 2.75) is 18.4 Å². The molecular formula is C11H9ClFNO2. The number of ether oxygens (including phenoxy) is 1. The van der Waals surface area contributed by atoms with Crippen LogP contribution in [-0.2, 0) is 10.3 Å². The molecule has 0 radical (unpaired) electrons. The van der Waals surface area contributed by atoms with Crippen molar-refractivity contribution in [1.29, 1.82) is 0 Å². The van der Waals surface area contributed by atoms with E-state index in [9.17, 15) is 9.18 Å². The van der Waals surface area contributed by atoms with Crippen LogP contribution in [0.1, 0.15) is 18.4 Å². The maximum Gasteiger partial charge on any atom is 0.235 e. The molecule has 0 aromatic heterocycles. The van der Waals surface area contributed by atoms with Crippen molar-refractivity contribution in [1.82, 2.24) is 0 Å². The third kappa shape index (κ3) is 1.70. The molecule has 1 aromatic rings.